The molecule has 0 bridgehead atoms. The van der Waals surface area contributed by atoms with Crippen LogP contribution >= 0.6 is 0 Å². The maximum atomic E-state index is 13.5. The molecule has 0 radical (unpaired) electrons. The molecule has 1 rings (SSSR count). The maximum absolute atomic E-state index is 13.5. The highest BCUT2D eigenvalue weighted by molar-refractivity contribution is 5.98. The number of benzene rings is 1. The molecular weight excluding hydrogens is 239 g/mol. The molecule has 3 N–H and O–H groups in total. The predicted octanol–water partition coefficient (Wildman–Crippen LogP) is 1.23. The van der Waals surface area contributed by atoms with Crippen LogP contribution < -0.4 is 10.6 Å². The van der Waals surface area contributed by atoms with Gasteiger partial charge in [-0.25, -0.2) is 4.39 Å². The second kappa shape index (κ2) is 6.00. The van der Waals surface area contributed by atoms with E-state index in [1.54, 1.807) is 18.0 Å². The Morgan fingerprint density at radius 2 is 2.11 bits per heavy atom. The van der Waals surface area contributed by atoms with E-state index in [-0.39, 0.29) is 12.0 Å². The topological polar surface area (TPSA) is 83.6 Å². The van der Waals surface area contributed by atoms with Gasteiger partial charge in [-0.15, -0.1) is 0 Å². The Morgan fingerprint density at radius 1 is 1.44 bits per heavy atom. The molecule has 0 aromatic heterocycles. The molecule has 0 saturated heterocycles. The van der Waals surface area contributed by atoms with Gasteiger partial charge >= 0.3 is 5.97 Å². The van der Waals surface area contributed by atoms with Gasteiger partial charge in [0.1, 0.15) is 5.82 Å². The number of anilines is 1. The summed E-state index contributed by atoms with van der Waals surface area (Å²) < 4.78 is 13.5. The highest BCUT2D eigenvalue weighted by atomic mass is 19.1. The Labute approximate surface area is 104 Å². The van der Waals surface area contributed by atoms with Crippen molar-refractivity contribution in [2.75, 3.05) is 18.5 Å². The second-order valence-electron chi connectivity index (χ2n) is 3.92. The quantitative estimate of drug-likeness (QED) is 0.799. The van der Waals surface area contributed by atoms with Gasteiger partial charge in [0.2, 0.25) is 0 Å². The summed E-state index contributed by atoms with van der Waals surface area (Å²) in [5.74, 6) is -2.41. The summed E-state index contributed by atoms with van der Waals surface area (Å²) in [6.45, 7) is 0.399. The van der Waals surface area contributed by atoms with Crippen LogP contribution in [0.25, 0.3) is 0 Å². The molecule has 1 aromatic rings. The van der Waals surface area contributed by atoms with Crippen molar-refractivity contribution in [2.24, 2.45) is 5.73 Å². The number of nitrogens with two attached hydrogens (primary N) is 1. The van der Waals surface area contributed by atoms with E-state index in [1.165, 1.54) is 6.07 Å². The van der Waals surface area contributed by atoms with Crippen LogP contribution in [0.2, 0.25) is 0 Å². The molecule has 0 spiro atoms. The standard InChI is InChI=1S/C12H15FN2O3/c1-15(7-3-6-10(16)17)9-5-2-4-8(13)11(9)12(14)18/h2,4-5H,3,6-7H2,1H3,(H2,14,18)(H,16,17). The van der Waals surface area contributed by atoms with Gasteiger partial charge in [0, 0.05) is 20.0 Å². The Hall–Kier alpha value is -2.11. The third-order valence-corrected chi connectivity index (χ3v) is 2.53. The number of carboxylic acid groups (broad SMARTS) is 1. The minimum atomic E-state index is -0.891. The molecule has 0 heterocycles. The third kappa shape index (κ3) is 3.44. The molecule has 1 aromatic carbocycles. The summed E-state index contributed by atoms with van der Waals surface area (Å²) in [6, 6.07) is 4.21. The maximum Gasteiger partial charge on any atom is 0.303 e. The molecule has 6 heteroatoms. The molecule has 0 saturated carbocycles. The van der Waals surface area contributed by atoms with Crippen molar-refractivity contribution >= 4 is 17.6 Å². The number of carboxylic acids is 1. The monoisotopic (exact) mass is 254 g/mol. The highest BCUT2D eigenvalue weighted by Gasteiger charge is 2.16. The van der Waals surface area contributed by atoms with E-state index in [0.717, 1.165) is 6.07 Å². The number of halogens is 1. The SMILES string of the molecule is CN(CCCC(=O)O)c1cccc(F)c1C(N)=O. The van der Waals surface area contributed by atoms with Crippen LogP contribution in [0.3, 0.4) is 0 Å². The average molecular weight is 254 g/mol. The predicted molar refractivity (Wildman–Crippen MR) is 65.1 cm³/mol. The van der Waals surface area contributed by atoms with Crippen LogP contribution in [0.5, 0.6) is 0 Å². The zero-order valence-electron chi connectivity index (χ0n) is 10.0. The summed E-state index contributed by atoms with van der Waals surface area (Å²) in [5, 5.41) is 8.53. The first-order valence-corrected chi connectivity index (χ1v) is 5.44. The number of hydrogen-bond donors (Lipinski definition) is 2. The summed E-state index contributed by atoms with van der Waals surface area (Å²) in [4.78, 5) is 23.2. The van der Waals surface area contributed by atoms with Gasteiger partial charge in [0.05, 0.1) is 11.3 Å². The minimum absolute atomic E-state index is 0.0194. The Kier molecular flexibility index (Phi) is 4.65. The van der Waals surface area contributed by atoms with E-state index in [9.17, 15) is 14.0 Å². The van der Waals surface area contributed by atoms with Gasteiger partial charge in [-0.3, -0.25) is 9.59 Å². The lowest BCUT2D eigenvalue weighted by molar-refractivity contribution is -0.137. The fraction of sp³-hybridized carbons (Fsp3) is 0.333. The van der Waals surface area contributed by atoms with Crippen LogP contribution in [0.15, 0.2) is 18.2 Å². The van der Waals surface area contributed by atoms with E-state index in [2.05, 4.69) is 0 Å². The fourth-order valence-corrected chi connectivity index (χ4v) is 1.66. The highest BCUT2D eigenvalue weighted by Crippen LogP contribution is 2.22. The Bertz CT molecular complexity index is 463. The second-order valence-corrected chi connectivity index (χ2v) is 3.92. The zero-order valence-corrected chi connectivity index (χ0v) is 10.0. The molecule has 5 nitrogen and oxygen atoms in total. The van der Waals surface area contributed by atoms with Crippen LogP contribution in [0.4, 0.5) is 10.1 Å². The summed E-state index contributed by atoms with van der Waals surface area (Å²) >= 11 is 0. The number of nitrogens with zero attached hydrogens (tertiary/aromatic N) is 1. The van der Waals surface area contributed by atoms with E-state index < -0.39 is 17.7 Å². The number of hydrogen-bond acceptors (Lipinski definition) is 3. The first kappa shape index (κ1) is 14.0. The molecule has 0 aliphatic heterocycles. The number of carbonyl (C=O) groups excluding carboxylic acids is 1. The molecule has 0 aliphatic rings. The molecule has 98 valence electrons. The first-order valence-electron chi connectivity index (χ1n) is 5.44. The van der Waals surface area contributed by atoms with E-state index in [0.29, 0.717) is 18.7 Å². The van der Waals surface area contributed by atoms with Gasteiger partial charge in [-0.1, -0.05) is 6.07 Å². The average Bonchev–Trinajstić information content (AvgIpc) is 2.27. The molecule has 18 heavy (non-hydrogen) atoms. The molecule has 0 atom stereocenters. The Balaban J connectivity index is 2.85. The van der Waals surface area contributed by atoms with Crippen LogP contribution in [0, 0.1) is 5.82 Å². The van der Waals surface area contributed by atoms with Gasteiger partial charge in [0.15, 0.2) is 0 Å². The van der Waals surface area contributed by atoms with Gasteiger partial charge < -0.3 is 15.7 Å². The van der Waals surface area contributed by atoms with Crippen molar-refractivity contribution in [3.63, 3.8) is 0 Å². The lowest BCUT2D eigenvalue weighted by atomic mass is 10.1. The van der Waals surface area contributed by atoms with E-state index in [4.69, 9.17) is 10.8 Å². The first-order chi connectivity index (χ1) is 8.43. The van der Waals surface area contributed by atoms with Gasteiger partial charge in [-0.05, 0) is 18.6 Å². The summed E-state index contributed by atoms with van der Waals surface area (Å²) in [7, 11) is 1.66. The van der Waals surface area contributed by atoms with Gasteiger partial charge in [0.25, 0.3) is 5.91 Å². The number of primary amides is 1. The molecule has 0 unspecified atom stereocenters. The van der Waals surface area contributed by atoms with Crippen molar-refractivity contribution in [1.82, 2.24) is 0 Å². The number of rotatable bonds is 6. The van der Waals surface area contributed by atoms with Crippen LogP contribution in [0.1, 0.15) is 23.2 Å². The smallest absolute Gasteiger partial charge is 0.303 e. The summed E-state index contributed by atoms with van der Waals surface area (Å²) in [6.07, 6.45) is 0.423. The number of carbonyl (C=O) groups is 2. The molecule has 0 fully saturated rings. The number of aliphatic carboxylic acids is 1. The van der Waals surface area contributed by atoms with Crippen molar-refractivity contribution < 1.29 is 19.1 Å². The van der Waals surface area contributed by atoms with Crippen LogP contribution in [-0.4, -0.2) is 30.6 Å². The van der Waals surface area contributed by atoms with E-state index in [1.807, 2.05) is 0 Å². The largest absolute Gasteiger partial charge is 0.481 e. The molecular formula is C12H15FN2O3. The minimum Gasteiger partial charge on any atom is -0.481 e. The molecule has 1 amide bonds. The van der Waals surface area contributed by atoms with Crippen molar-refractivity contribution in [3.05, 3.63) is 29.6 Å². The van der Waals surface area contributed by atoms with Crippen LogP contribution in [-0.2, 0) is 4.79 Å². The lowest BCUT2D eigenvalue weighted by Gasteiger charge is -2.21. The Morgan fingerprint density at radius 3 is 2.67 bits per heavy atom. The summed E-state index contributed by atoms with van der Waals surface area (Å²) in [5.41, 5.74) is 5.33. The van der Waals surface area contributed by atoms with Crippen molar-refractivity contribution in [2.45, 2.75) is 12.8 Å². The van der Waals surface area contributed by atoms with E-state index >= 15 is 0 Å². The number of amides is 1. The van der Waals surface area contributed by atoms with Crippen molar-refractivity contribution in [3.8, 4) is 0 Å². The fourth-order valence-electron chi connectivity index (χ4n) is 1.66. The van der Waals surface area contributed by atoms with Crippen molar-refractivity contribution in [1.29, 1.82) is 0 Å². The third-order valence-electron chi connectivity index (χ3n) is 2.53. The van der Waals surface area contributed by atoms with Gasteiger partial charge in [-0.2, -0.15) is 0 Å². The lowest BCUT2D eigenvalue weighted by Crippen LogP contribution is -2.24. The molecule has 0 aliphatic carbocycles. The zero-order chi connectivity index (χ0) is 13.7. The normalized spacial score (nSPS) is 10.1.